The first kappa shape index (κ1) is 18.3. The molecule has 136 valence electrons. The van der Waals surface area contributed by atoms with Crippen molar-refractivity contribution in [3.8, 4) is 11.1 Å². The van der Waals surface area contributed by atoms with E-state index in [1.807, 2.05) is 6.92 Å². The quantitative estimate of drug-likeness (QED) is 0.527. The molecule has 0 saturated carbocycles. The van der Waals surface area contributed by atoms with Gasteiger partial charge in [0.1, 0.15) is 0 Å². The summed E-state index contributed by atoms with van der Waals surface area (Å²) in [7, 11) is 0. The number of halogens is 6. The maximum absolute atomic E-state index is 14.5. The van der Waals surface area contributed by atoms with Crippen LogP contribution in [0.1, 0.15) is 18.1 Å². The van der Waals surface area contributed by atoms with E-state index in [0.29, 0.717) is 11.6 Å². The van der Waals surface area contributed by atoms with Gasteiger partial charge in [0.25, 0.3) is 0 Å². The van der Waals surface area contributed by atoms with Crippen LogP contribution in [0.4, 0.5) is 26.3 Å². The molecule has 1 aliphatic carbocycles. The number of hydrogen-bond acceptors (Lipinski definition) is 0. The second kappa shape index (κ2) is 6.04. The predicted octanol–water partition coefficient (Wildman–Crippen LogP) is 6.55. The van der Waals surface area contributed by atoms with Gasteiger partial charge in [0.15, 0.2) is 11.6 Å². The minimum atomic E-state index is -4.65. The lowest BCUT2D eigenvalue weighted by atomic mass is 9.86. The highest BCUT2D eigenvalue weighted by Crippen LogP contribution is 2.51. The van der Waals surface area contributed by atoms with Crippen LogP contribution in [-0.4, -0.2) is 11.8 Å². The van der Waals surface area contributed by atoms with Crippen LogP contribution in [0.5, 0.6) is 0 Å². The van der Waals surface area contributed by atoms with Gasteiger partial charge in [0.05, 0.1) is 0 Å². The fourth-order valence-electron chi connectivity index (χ4n) is 2.81. The van der Waals surface area contributed by atoms with Crippen LogP contribution in [0.15, 0.2) is 54.1 Å². The van der Waals surface area contributed by atoms with E-state index in [1.165, 1.54) is 0 Å². The Morgan fingerprint density at radius 3 is 1.81 bits per heavy atom. The van der Waals surface area contributed by atoms with E-state index in [2.05, 4.69) is 0 Å². The van der Waals surface area contributed by atoms with Crippen LogP contribution >= 0.6 is 0 Å². The van der Waals surface area contributed by atoms with Gasteiger partial charge in [-0.25, -0.2) is 8.78 Å². The summed E-state index contributed by atoms with van der Waals surface area (Å²) in [5, 5.41) is 0. The topological polar surface area (TPSA) is 0 Å². The van der Waals surface area contributed by atoms with Crippen molar-refractivity contribution in [1.29, 1.82) is 0 Å². The average molecular weight is 368 g/mol. The first-order chi connectivity index (χ1) is 12.1. The van der Waals surface area contributed by atoms with Crippen LogP contribution in [0.3, 0.4) is 0 Å². The third-order valence-corrected chi connectivity index (χ3v) is 4.46. The third kappa shape index (κ3) is 2.64. The maximum Gasteiger partial charge on any atom is 0.340 e. The second-order valence-corrected chi connectivity index (χ2v) is 6.23. The molecule has 3 rings (SSSR count). The summed E-state index contributed by atoms with van der Waals surface area (Å²) in [6.07, 6.45) is 1.49. The van der Waals surface area contributed by atoms with E-state index in [0.717, 1.165) is 30.7 Å². The van der Waals surface area contributed by atoms with Crippen molar-refractivity contribution in [1.82, 2.24) is 0 Å². The van der Waals surface area contributed by atoms with Gasteiger partial charge in [-0.3, -0.25) is 0 Å². The van der Waals surface area contributed by atoms with Crippen molar-refractivity contribution in [2.24, 2.45) is 0 Å². The van der Waals surface area contributed by atoms with Gasteiger partial charge in [0.2, 0.25) is 0 Å². The van der Waals surface area contributed by atoms with Crippen LogP contribution in [-0.2, 0) is 0 Å². The Bertz CT molecular complexity index is 920. The molecule has 2 aromatic rings. The van der Waals surface area contributed by atoms with E-state index in [-0.39, 0.29) is 5.56 Å². The predicted molar refractivity (Wildman–Crippen MR) is 88.2 cm³/mol. The van der Waals surface area contributed by atoms with Gasteiger partial charge in [-0.2, -0.15) is 17.6 Å². The van der Waals surface area contributed by atoms with E-state index in [9.17, 15) is 26.3 Å². The fraction of sp³-hybridized carbons (Fsp3) is 0.200. The molecule has 2 aromatic carbocycles. The Labute approximate surface area is 146 Å². The first-order valence-corrected chi connectivity index (χ1v) is 7.78. The van der Waals surface area contributed by atoms with Gasteiger partial charge in [0, 0.05) is 22.3 Å². The standard InChI is InChI=1S/C20H14F6/c1-11-3-6-13(7-4-11)14-8-9-15(18(22)17(14)21)16-10-5-12(2)19(23,24)20(16,25)26/h3-10H,1-2H3. The molecule has 6 heteroatoms. The largest absolute Gasteiger partial charge is 0.340 e. The summed E-state index contributed by atoms with van der Waals surface area (Å²) < 4.78 is 85.1. The number of hydrogen-bond donors (Lipinski definition) is 0. The molecule has 26 heavy (non-hydrogen) atoms. The summed E-state index contributed by atoms with van der Waals surface area (Å²) in [5.74, 6) is -12.1. The molecular weight excluding hydrogens is 354 g/mol. The molecule has 0 radical (unpaired) electrons. The molecule has 0 amide bonds. The molecule has 1 aliphatic rings. The molecule has 0 unspecified atom stereocenters. The lowest BCUT2D eigenvalue weighted by Gasteiger charge is -2.32. The van der Waals surface area contributed by atoms with Crippen LogP contribution in [0, 0.1) is 18.6 Å². The van der Waals surface area contributed by atoms with Crippen LogP contribution < -0.4 is 0 Å². The Balaban J connectivity index is 2.14. The number of alkyl halides is 4. The molecule has 0 nitrogen and oxygen atoms in total. The lowest BCUT2D eigenvalue weighted by molar-refractivity contribution is -0.148. The van der Waals surface area contributed by atoms with Gasteiger partial charge in [-0.1, -0.05) is 54.1 Å². The molecular formula is C20H14F6. The number of rotatable bonds is 2. The molecule has 0 spiro atoms. The molecule has 0 aliphatic heterocycles. The van der Waals surface area contributed by atoms with E-state index < -0.39 is 40.2 Å². The molecule has 0 atom stereocenters. The number of allylic oxidation sites excluding steroid dienone is 4. The van der Waals surface area contributed by atoms with Crippen molar-refractivity contribution in [3.63, 3.8) is 0 Å². The number of benzene rings is 2. The zero-order valence-electron chi connectivity index (χ0n) is 13.9. The zero-order chi connectivity index (χ0) is 19.3. The normalized spacial score (nSPS) is 18.3. The number of aryl methyl sites for hydroxylation is 1. The van der Waals surface area contributed by atoms with Crippen molar-refractivity contribution in [3.05, 3.63) is 76.9 Å². The van der Waals surface area contributed by atoms with E-state index in [4.69, 9.17) is 0 Å². The average Bonchev–Trinajstić information content (AvgIpc) is 2.58. The Morgan fingerprint density at radius 2 is 1.19 bits per heavy atom. The first-order valence-electron chi connectivity index (χ1n) is 7.78. The van der Waals surface area contributed by atoms with Crippen molar-refractivity contribution >= 4 is 5.57 Å². The Hall–Kier alpha value is -2.50. The Kier molecular flexibility index (Phi) is 4.25. The molecule has 0 heterocycles. The zero-order valence-corrected chi connectivity index (χ0v) is 13.9. The smallest absolute Gasteiger partial charge is 0.203 e. The highest BCUT2D eigenvalue weighted by Gasteiger charge is 2.61. The van der Waals surface area contributed by atoms with E-state index in [1.54, 1.807) is 24.3 Å². The van der Waals surface area contributed by atoms with Crippen molar-refractivity contribution in [2.75, 3.05) is 0 Å². The van der Waals surface area contributed by atoms with Gasteiger partial charge < -0.3 is 0 Å². The molecule has 0 aromatic heterocycles. The molecule has 0 bridgehead atoms. The van der Waals surface area contributed by atoms with Crippen molar-refractivity contribution < 1.29 is 26.3 Å². The molecule has 0 saturated heterocycles. The fourth-order valence-corrected chi connectivity index (χ4v) is 2.81. The van der Waals surface area contributed by atoms with Crippen molar-refractivity contribution in [2.45, 2.75) is 25.7 Å². The van der Waals surface area contributed by atoms with Crippen LogP contribution in [0.2, 0.25) is 0 Å². The molecule has 0 N–H and O–H groups in total. The summed E-state index contributed by atoms with van der Waals surface area (Å²) in [5.41, 5.74) is -1.86. The lowest BCUT2D eigenvalue weighted by Crippen LogP contribution is -2.44. The highest BCUT2D eigenvalue weighted by atomic mass is 19.3. The van der Waals surface area contributed by atoms with Gasteiger partial charge in [-0.05, 0) is 19.4 Å². The minimum Gasteiger partial charge on any atom is -0.203 e. The highest BCUT2D eigenvalue weighted by molar-refractivity contribution is 5.78. The van der Waals surface area contributed by atoms with E-state index >= 15 is 0 Å². The summed E-state index contributed by atoms with van der Waals surface area (Å²) in [6, 6.07) is 8.50. The Morgan fingerprint density at radius 1 is 0.654 bits per heavy atom. The third-order valence-electron chi connectivity index (χ3n) is 4.46. The maximum atomic E-state index is 14.5. The molecule has 0 fully saturated rings. The van der Waals surface area contributed by atoms with Gasteiger partial charge >= 0.3 is 11.8 Å². The van der Waals surface area contributed by atoms with Gasteiger partial charge in [-0.15, -0.1) is 0 Å². The van der Waals surface area contributed by atoms with Crippen LogP contribution in [0.25, 0.3) is 16.7 Å². The monoisotopic (exact) mass is 368 g/mol. The SMILES string of the molecule is CC1=CC=C(c2ccc(-c3ccc(C)cc3)c(F)c2F)C(F)(F)C1(F)F. The second-order valence-electron chi connectivity index (χ2n) is 6.23. The minimum absolute atomic E-state index is 0.135. The summed E-state index contributed by atoms with van der Waals surface area (Å²) in [6.45, 7) is 2.68. The summed E-state index contributed by atoms with van der Waals surface area (Å²) in [4.78, 5) is 0. The summed E-state index contributed by atoms with van der Waals surface area (Å²) >= 11 is 0.